The molecule has 28 heavy (non-hydrogen) atoms. The van der Waals surface area contributed by atoms with Crippen LogP contribution >= 0.6 is 0 Å². The van der Waals surface area contributed by atoms with E-state index in [0.717, 1.165) is 18.7 Å². The van der Waals surface area contributed by atoms with Crippen LogP contribution in [0.25, 0.3) is 0 Å². The fourth-order valence-electron chi connectivity index (χ4n) is 3.51. The number of rotatable bonds is 17. The van der Waals surface area contributed by atoms with Gasteiger partial charge in [0.1, 0.15) is 5.75 Å². The first-order valence-corrected chi connectivity index (χ1v) is 11.7. The lowest BCUT2D eigenvalue weighted by Crippen LogP contribution is -2.34. The third-order valence-corrected chi connectivity index (χ3v) is 5.33. The molecule has 160 valence electrons. The number of nitrogens with zero attached hydrogens (tertiary/aromatic N) is 1. The molecule has 0 unspecified atom stereocenters. The van der Waals surface area contributed by atoms with Gasteiger partial charge in [-0.1, -0.05) is 96.3 Å². The van der Waals surface area contributed by atoms with Crippen LogP contribution in [0.3, 0.4) is 0 Å². The molecule has 0 aliphatic rings. The molecule has 0 atom stereocenters. The SMILES string of the molecule is CCCCCCCCN(CCCCCCCC)CC(=O)Oc1ccccc1C. The van der Waals surface area contributed by atoms with E-state index in [1.807, 2.05) is 31.2 Å². The molecule has 0 saturated carbocycles. The van der Waals surface area contributed by atoms with Crippen molar-refractivity contribution in [2.24, 2.45) is 0 Å². The molecule has 1 rings (SSSR count). The zero-order valence-electron chi connectivity index (χ0n) is 18.7. The van der Waals surface area contributed by atoms with Crippen LogP contribution in [0.1, 0.15) is 96.5 Å². The van der Waals surface area contributed by atoms with Gasteiger partial charge in [0.25, 0.3) is 0 Å². The van der Waals surface area contributed by atoms with Crippen molar-refractivity contribution in [2.45, 2.75) is 97.8 Å². The molecule has 0 amide bonds. The smallest absolute Gasteiger partial charge is 0.325 e. The minimum absolute atomic E-state index is 0.133. The minimum Gasteiger partial charge on any atom is -0.425 e. The van der Waals surface area contributed by atoms with Crippen LogP contribution in [0, 0.1) is 6.92 Å². The van der Waals surface area contributed by atoms with Gasteiger partial charge in [0.2, 0.25) is 0 Å². The predicted octanol–water partition coefficient (Wildman–Crippen LogP) is 6.92. The van der Waals surface area contributed by atoms with Crippen LogP contribution in [0.4, 0.5) is 0 Å². The van der Waals surface area contributed by atoms with E-state index < -0.39 is 0 Å². The van der Waals surface area contributed by atoms with Crippen LogP contribution < -0.4 is 4.74 Å². The highest BCUT2D eigenvalue weighted by Crippen LogP contribution is 2.16. The van der Waals surface area contributed by atoms with Crippen LogP contribution in [-0.4, -0.2) is 30.5 Å². The van der Waals surface area contributed by atoms with Gasteiger partial charge in [0, 0.05) is 0 Å². The van der Waals surface area contributed by atoms with Crippen LogP contribution in [0.5, 0.6) is 5.75 Å². The van der Waals surface area contributed by atoms with Gasteiger partial charge >= 0.3 is 5.97 Å². The lowest BCUT2D eigenvalue weighted by Gasteiger charge is -2.21. The standard InChI is InChI=1S/C25H43NO2/c1-4-6-8-10-12-16-20-26(21-17-13-11-9-7-5-2)22-25(27)28-24-19-15-14-18-23(24)3/h14-15,18-19H,4-13,16-17,20-22H2,1-3H3. The maximum Gasteiger partial charge on any atom is 0.325 e. The highest BCUT2D eigenvalue weighted by Gasteiger charge is 2.13. The summed E-state index contributed by atoms with van der Waals surface area (Å²) >= 11 is 0. The number of ether oxygens (including phenoxy) is 1. The number of carbonyl (C=O) groups excluding carboxylic acids is 1. The highest BCUT2D eigenvalue weighted by molar-refractivity contribution is 5.74. The summed E-state index contributed by atoms with van der Waals surface area (Å²) in [6.45, 7) is 8.89. The Morgan fingerprint density at radius 3 is 1.82 bits per heavy atom. The largest absolute Gasteiger partial charge is 0.425 e. The molecule has 0 bridgehead atoms. The van der Waals surface area contributed by atoms with Crippen molar-refractivity contribution in [3.8, 4) is 5.75 Å². The molecular weight excluding hydrogens is 346 g/mol. The summed E-state index contributed by atoms with van der Waals surface area (Å²) in [7, 11) is 0. The predicted molar refractivity (Wildman–Crippen MR) is 120 cm³/mol. The molecule has 1 aromatic carbocycles. The summed E-state index contributed by atoms with van der Waals surface area (Å²) in [6.07, 6.45) is 15.4. The Morgan fingerprint density at radius 1 is 0.786 bits per heavy atom. The van der Waals surface area contributed by atoms with Crippen molar-refractivity contribution in [2.75, 3.05) is 19.6 Å². The first kappa shape index (κ1) is 24.7. The third-order valence-electron chi connectivity index (χ3n) is 5.33. The number of aryl methyl sites for hydroxylation is 1. The summed E-state index contributed by atoms with van der Waals surface area (Å²) < 4.78 is 5.61. The van der Waals surface area contributed by atoms with E-state index >= 15 is 0 Å². The molecule has 3 nitrogen and oxygen atoms in total. The molecule has 1 aromatic rings. The average Bonchev–Trinajstić information content (AvgIpc) is 2.68. The topological polar surface area (TPSA) is 29.5 Å². The Balaban J connectivity index is 2.39. The van der Waals surface area contributed by atoms with Gasteiger partial charge in [0.05, 0.1) is 6.54 Å². The summed E-state index contributed by atoms with van der Waals surface area (Å²) in [6, 6.07) is 7.74. The number of hydrogen-bond acceptors (Lipinski definition) is 3. The number of hydrogen-bond donors (Lipinski definition) is 0. The lowest BCUT2D eigenvalue weighted by atomic mass is 10.1. The maximum absolute atomic E-state index is 12.5. The molecule has 3 heteroatoms. The number of benzene rings is 1. The molecule has 0 spiro atoms. The zero-order chi connectivity index (χ0) is 20.5. The Hall–Kier alpha value is -1.35. The zero-order valence-corrected chi connectivity index (χ0v) is 18.7. The fraction of sp³-hybridized carbons (Fsp3) is 0.720. The van der Waals surface area contributed by atoms with Gasteiger partial charge in [-0.2, -0.15) is 0 Å². The quantitative estimate of drug-likeness (QED) is 0.164. The van der Waals surface area contributed by atoms with Crippen molar-refractivity contribution in [3.05, 3.63) is 29.8 Å². The van der Waals surface area contributed by atoms with E-state index in [1.165, 1.54) is 77.0 Å². The highest BCUT2D eigenvalue weighted by atomic mass is 16.5. The second kappa shape index (κ2) is 16.6. The van der Waals surface area contributed by atoms with E-state index in [-0.39, 0.29) is 5.97 Å². The molecule has 0 fully saturated rings. The van der Waals surface area contributed by atoms with Gasteiger partial charge in [-0.3, -0.25) is 9.69 Å². The van der Waals surface area contributed by atoms with Gasteiger partial charge in [0.15, 0.2) is 0 Å². The van der Waals surface area contributed by atoms with Crippen molar-refractivity contribution < 1.29 is 9.53 Å². The van der Waals surface area contributed by atoms with Gasteiger partial charge in [-0.05, 0) is 44.5 Å². The molecule has 0 aromatic heterocycles. The molecule has 0 heterocycles. The number of unbranched alkanes of at least 4 members (excludes halogenated alkanes) is 10. The summed E-state index contributed by atoms with van der Waals surface area (Å²) in [5.41, 5.74) is 1.01. The molecule has 0 aliphatic carbocycles. The first-order valence-electron chi connectivity index (χ1n) is 11.7. The van der Waals surface area contributed by atoms with E-state index in [9.17, 15) is 4.79 Å². The van der Waals surface area contributed by atoms with Crippen molar-refractivity contribution >= 4 is 5.97 Å². The molecular formula is C25H43NO2. The average molecular weight is 390 g/mol. The van der Waals surface area contributed by atoms with Crippen LogP contribution in [-0.2, 0) is 4.79 Å². The minimum atomic E-state index is -0.133. The third kappa shape index (κ3) is 12.2. The van der Waals surface area contributed by atoms with E-state index in [0.29, 0.717) is 12.3 Å². The van der Waals surface area contributed by atoms with E-state index in [4.69, 9.17) is 4.74 Å². The van der Waals surface area contributed by atoms with Crippen LogP contribution in [0.15, 0.2) is 24.3 Å². The summed E-state index contributed by atoms with van der Waals surface area (Å²) in [5.74, 6) is 0.554. The second-order valence-corrected chi connectivity index (χ2v) is 8.05. The number of carbonyl (C=O) groups is 1. The van der Waals surface area contributed by atoms with Gasteiger partial charge in [-0.15, -0.1) is 0 Å². The summed E-state index contributed by atoms with van der Waals surface area (Å²) in [4.78, 5) is 14.8. The van der Waals surface area contributed by atoms with Crippen molar-refractivity contribution in [1.82, 2.24) is 4.90 Å². The molecule has 0 aliphatic heterocycles. The Bertz CT molecular complexity index is 499. The Kier molecular flexibility index (Phi) is 14.6. The van der Waals surface area contributed by atoms with Crippen LogP contribution in [0.2, 0.25) is 0 Å². The van der Waals surface area contributed by atoms with Crippen molar-refractivity contribution in [3.63, 3.8) is 0 Å². The molecule has 0 saturated heterocycles. The Morgan fingerprint density at radius 2 is 1.29 bits per heavy atom. The summed E-state index contributed by atoms with van der Waals surface area (Å²) in [5, 5.41) is 0. The molecule has 0 N–H and O–H groups in total. The fourth-order valence-corrected chi connectivity index (χ4v) is 3.51. The Labute approximate surface area is 173 Å². The first-order chi connectivity index (χ1) is 13.7. The monoisotopic (exact) mass is 389 g/mol. The maximum atomic E-state index is 12.5. The molecule has 0 radical (unpaired) electrons. The van der Waals surface area contributed by atoms with Gasteiger partial charge in [-0.25, -0.2) is 0 Å². The normalized spacial score (nSPS) is 11.1. The van der Waals surface area contributed by atoms with Crippen molar-refractivity contribution in [1.29, 1.82) is 0 Å². The van der Waals surface area contributed by atoms with E-state index in [1.54, 1.807) is 0 Å². The number of esters is 1. The van der Waals surface area contributed by atoms with Gasteiger partial charge < -0.3 is 4.74 Å². The van der Waals surface area contributed by atoms with E-state index in [2.05, 4.69) is 18.7 Å². The number of para-hydroxylation sites is 1. The lowest BCUT2D eigenvalue weighted by molar-refractivity contribution is -0.135. The second-order valence-electron chi connectivity index (χ2n) is 8.05.